The third kappa shape index (κ3) is 4.59. The molecule has 178 valence electrons. The molecule has 0 bridgehead atoms. The van der Waals surface area contributed by atoms with Crippen LogP contribution >= 0.6 is 0 Å². The minimum atomic E-state index is -4.26. The molecule has 1 aromatic carbocycles. The minimum Gasteiger partial charge on any atom is -0.845 e. The summed E-state index contributed by atoms with van der Waals surface area (Å²) < 4.78 is 38.5. The Kier molecular flexibility index (Phi) is 6.05. The third-order valence-electron chi connectivity index (χ3n) is 6.84. The van der Waals surface area contributed by atoms with Crippen molar-refractivity contribution in [3.05, 3.63) is 40.7 Å². The summed E-state index contributed by atoms with van der Waals surface area (Å²) >= 11 is 0. The number of ether oxygens (including phenoxy) is 1. The molecule has 0 unspecified atom stereocenters. The number of aryl methyl sites for hydroxylation is 3. The molecule has 3 aliphatic rings. The Morgan fingerprint density at radius 3 is 2.58 bits per heavy atom. The standard InChI is InChI=1S/C23H31N5O4S/c1-27-15-18(14-24-27)28(11-10-19-7-4-12-32-19)33(30,31)26-23(29)25-22-20-8-2-5-16(20)13-17-6-3-9-21(17)22/h13-15,19H,2-12H2,1H3,(H2,25,26,29)/p-1/t19-/m1/s1. The van der Waals surface area contributed by atoms with Crippen LogP contribution in [0.15, 0.2) is 22.9 Å². The average molecular weight is 473 g/mol. The van der Waals surface area contributed by atoms with Crippen LogP contribution < -0.4 is 14.7 Å². The Hall–Kier alpha value is -2.59. The van der Waals surface area contributed by atoms with Crippen molar-refractivity contribution in [1.29, 1.82) is 0 Å². The molecule has 1 aliphatic heterocycles. The summed E-state index contributed by atoms with van der Waals surface area (Å²) in [5, 5.41) is 19.8. The minimum absolute atomic E-state index is 0.0164. The molecule has 9 nitrogen and oxygen atoms in total. The van der Waals surface area contributed by atoms with Crippen molar-refractivity contribution in [3.63, 3.8) is 0 Å². The van der Waals surface area contributed by atoms with Gasteiger partial charge in [0.25, 0.3) is 0 Å². The Morgan fingerprint density at radius 2 is 1.97 bits per heavy atom. The highest BCUT2D eigenvalue weighted by atomic mass is 32.2. The molecule has 1 atom stereocenters. The van der Waals surface area contributed by atoms with Crippen LogP contribution in [0.5, 0.6) is 0 Å². The summed E-state index contributed by atoms with van der Waals surface area (Å²) in [6.45, 7) is 0.869. The van der Waals surface area contributed by atoms with Crippen LogP contribution in [0.2, 0.25) is 0 Å². The Bertz CT molecular complexity index is 1140. The summed E-state index contributed by atoms with van der Waals surface area (Å²) in [5.41, 5.74) is 5.98. The first-order chi connectivity index (χ1) is 15.9. The van der Waals surface area contributed by atoms with E-state index in [1.807, 2.05) is 0 Å². The number of hydrogen-bond acceptors (Lipinski definition) is 5. The van der Waals surface area contributed by atoms with E-state index < -0.39 is 16.2 Å². The summed E-state index contributed by atoms with van der Waals surface area (Å²) in [6.07, 6.45) is 11.4. The number of fused-ring (bicyclic) bond motifs is 2. The second-order valence-corrected chi connectivity index (χ2v) is 10.6. The van der Waals surface area contributed by atoms with Gasteiger partial charge in [0.05, 0.1) is 24.0 Å². The average Bonchev–Trinajstić information content (AvgIpc) is 3.55. The lowest BCUT2D eigenvalue weighted by atomic mass is 9.99. The fraction of sp³-hybridized carbons (Fsp3) is 0.565. The highest BCUT2D eigenvalue weighted by Crippen LogP contribution is 2.38. The van der Waals surface area contributed by atoms with Gasteiger partial charge in [-0.2, -0.15) is 13.5 Å². The molecule has 5 rings (SSSR count). The second kappa shape index (κ2) is 8.98. The largest absolute Gasteiger partial charge is 0.845 e. The number of anilines is 2. The van der Waals surface area contributed by atoms with E-state index in [1.165, 1.54) is 22.0 Å². The fourth-order valence-electron chi connectivity index (χ4n) is 5.30. The van der Waals surface area contributed by atoms with Crippen LogP contribution in [0, 0.1) is 0 Å². The summed E-state index contributed by atoms with van der Waals surface area (Å²) in [7, 11) is -2.55. The van der Waals surface area contributed by atoms with Crippen LogP contribution in [-0.2, 0) is 47.7 Å². The molecule has 2 aliphatic carbocycles. The van der Waals surface area contributed by atoms with Crippen LogP contribution in [0.1, 0.15) is 54.4 Å². The van der Waals surface area contributed by atoms with E-state index in [1.54, 1.807) is 13.2 Å². The van der Waals surface area contributed by atoms with E-state index in [9.17, 15) is 13.5 Å². The van der Waals surface area contributed by atoms with Gasteiger partial charge in [0.15, 0.2) is 0 Å². The second-order valence-electron chi connectivity index (χ2n) is 9.10. The number of amidine groups is 1. The molecule has 0 amide bonds. The molecular formula is C23H30N5O4S-. The lowest BCUT2D eigenvalue weighted by Gasteiger charge is -2.24. The number of rotatable bonds is 7. The van der Waals surface area contributed by atoms with Gasteiger partial charge in [0, 0.05) is 32.1 Å². The first-order valence-electron chi connectivity index (χ1n) is 11.7. The van der Waals surface area contributed by atoms with Crippen LogP contribution in [0.4, 0.5) is 11.4 Å². The Labute approximate surface area is 194 Å². The van der Waals surface area contributed by atoms with Gasteiger partial charge in [-0.05, 0) is 80.0 Å². The van der Waals surface area contributed by atoms with Gasteiger partial charge in [0.2, 0.25) is 0 Å². The topological polar surface area (TPSA) is 112 Å². The molecule has 33 heavy (non-hydrogen) atoms. The van der Waals surface area contributed by atoms with Crippen molar-refractivity contribution in [2.45, 2.75) is 63.9 Å². The molecule has 0 saturated carbocycles. The molecule has 0 radical (unpaired) electrons. The summed E-state index contributed by atoms with van der Waals surface area (Å²) in [4.78, 5) is 0. The van der Waals surface area contributed by atoms with E-state index in [4.69, 9.17) is 4.74 Å². The number of aromatic nitrogens is 2. The number of nitrogens with one attached hydrogen (secondary N) is 1. The van der Waals surface area contributed by atoms with E-state index in [0.29, 0.717) is 18.7 Å². The maximum atomic E-state index is 13.2. The van der Waals surface area contributed by atoms with Gasteiger partial charge in [-0.3, -0.25) is 4.68 Å². The number of hydrogen-bond donors (Lipinski definition) is 1. The zero-order chi connectivity index (χ0) is 23.0. The monoisotopic (exact) mass is 472 g/mol. The molecule has 1 aromatic heterocycles. The summed E-state index contributed by atoms with van der Waals surface area (Å²) in [5.74, 6) is 0. The maximum absolute atomic E-state index is 13.2. The van der Waals surface area contributed by atoms with Gasteiger partial charge in [-0.15, -0.1) is 4.40 Å². The first-order valence-corrected chi connectivity index (χ1v) is 13.1. The van der Waals surface area contributed by atoms with E-state index in [0.717, 1.165) is 72.5 Å². The van der Waals surface area contributed by atoms with Crippen molar-refractivity contribution in [3.8, 4) is 0 Å². The number of benzene rings is 1. The molecule has 2 heterocycles. The SMILES string of the molecule is Cn1cc(N(CC[C@H]2CCCO2)S(=O)(=O)/N=C(\[O-])Nc2c3c(cc4c2CCC4)CCC3)cn1. The Balaban J connectivity index is 1.41. The highest BCUT2D eigenvalue weighted by Gasteiger charge is 2.27. The predicted molar refractivity (Wildman–Crippen MR) is 125 cm³/mol. The van der Waals surface area contributed by atoms with Crippen molar-refractivity contribution in [1.82, 2.24) is 9.78 Å². The van der Waals surface area contributed by atoms with Crippen molar-refractivity contribution < 1.29 is 18.3 Å². The van der Waals surface area contributed by atoms with Crippen molar-refractivity contribution in [2.24, 2.45) is 11.4 Å². The molecule has 0 spiro atoms. The zero-order valence-electron chi connectivity index (χ0n) is 18.9. The van der Waals surface area contributed by atoms with Gasteiger partial charge < -0.3 is 15.2 Å². The fourth-order valence-corrected chi connectivity index (χ4v) is 6.35. The zero-order valence-corrected chi connectivity index (χ0v) is 19.7. The van der Waals surface area contributed by atoms with Gasteiger partial charge in [0.1, 0.15) is 0 Å². The normalized spacial score (nSPS) is 20.2. The first kappa shape index (κ1) is 22.2. The van der Waals surface area contributed by atoms with Crippen molar-refractivity contribution in [2.75, 3.05) is 22.8 Å². The van der Waals surface area contributed by atoms with Crippen LogP contribution in [0.25, 0.3) is 0 Å². The van der Waals surface area contributed by atoms with E-state index >= 15 is 0 Å². The lowest BCUT2D eigenvalue weighted by molar-refractivity contribution is -0.213. The van der Waals surface area contributed by atoms with Crippen molar-refractivity contribution >= 4 is 27.6 Å². The van der Waals surface area contributed by atoms with Gasteiger partial charge in [-0.1, -0.05) is 6.07 Å². The van der Waals surface area contributed by atoms with Crippen LogP contribution in [0.3, 0.4) is 0 Å². The highest BCUT2D eigenvalue weighted by molar-refractivity contribution is 7.91. The predicted octanol–water partition coefficient (Wildman–Crippen LogP) is 1.85. The number of nitrogens with zero attached hydrogens (tertiary/aromatic N) is 4. The molecule has 1 saturated heterocycles. The van der Waals surface area contributed by atoms with Crippen LogP contribution in [-0.4, -0.2) is 43.5 Å². The molecule has 2 aromatic rings. The van der Waals surface area contributed by atoms with Gasteiger partial charge >= 0.3 is 10.2 Å². The molecule has 1 N–H and O–H groups in total. The lowest BCUT2D eigenvalue weighted by Crippen LogP contribution is -2.36. The summed E-state index contributed by atoms with van der Waals surface area (Å²) in [6, 6.07) is 1.42. The molecule has 1 fully saturated rings. The third-order valence-corrected chi connectivity index (χ3v) is 8.19. The maximum Gasteiger partial charge on any atom is 0.345 e. The smallest absolute Gasteiger partial charge is 0.345 e. The molecule has 10 heteroatoms. The quantitative estimate of drug-likeness (QED) is 0.486. The van der Waals surface area contributed by atoms with E-state index in [-0.39, 0.29) is 12.6 Å². The van der Waals surface area contributed by atoms with Gasteiger partial charge in [-0.25, -0.2) is 4.31 Å². The van der Waals surface area contributed by atoms with E-state index in [2.05, 4.69) is 20.9 Å². The molecular weight excluding hydrogens is 442 g/mol. The Morgan fingerprint density at radius 1 is 1.24 bits per heavy atom.